The van der Waals surface area contributed by atoms with Crippen molar-refractivity contribution in [2.75, 3.05) is 13.7 Å². The number of halogens is 3. The van der Waals surface area contributed by atoms with E-state index in [2.05, 4.69) is 5.32 Å². The molecule has 1 aliphatic rings. The molecule has 0 aromatic heterocycles. The third-order valence-corrected chi connectivity index (χ3v) is 3.55. The molecule has 19 heavy (non-hydrogen) atoms. The Balaban J connectivity index is 2.59. The number of hydrogen-bond acceptors (Lipinski definition) is 3. The maximum atomic E-state index is 13.0. The summed E-state index contributed by atoms with van der Waals surface area (Å²) in [6, 6.07) is -1.75. The normalized spacial score (nSPS) is 20.3. The standard InChI is InChI=1S/C12H21F3N2O2/c1-19-9(7-16)6-10(18)17-11(12(13,14)15)8-4-2-3-5-8/h8-9,11H,2-7,16H2,1H3,(H,17,18). The first-order valence-electron chi connectivity index (χ1n) is 6.47. The number of nitrogens with one attached hydrogen (secondary N) is 1. The molecule has 0 bridgehead atoms. The Bertz CT molecular complexity index is 287. The van der Waals surface area contributed by atoms with Crippen molar-refractivity contribution in [3.05, 3.63) is 0 Å². The molecule has 0 aliphatic heterocycles. The van der Waals surface area contributed by atoms with E-state index in [-0.39, 0.29) is 13.0 Å². The van der Waals surface area contributed by atoms with Crippen LogP contribution in [0.4, 0.5) is 13.2 Å². The van der Waals surface area contributed by atoms with Gasteiger partial charge in [-0.25, -0.2) is 0 Å². The third kappa shape index (κ3) is 4.99. The van der Waals surface area contributed by atoms with E-state index in [0.717, 1.165) is 12.8 Å². The van der Waals surface area contributed by atoms with Gasteiger partial charge in [-0.3, -0.25) is 4.79 Å². The third-order valence-electron chi connectivity index (χ3n) is 3.55. The fourth-order valence-corrected chi connectivity index (χ4v) is 2.46. The summed E-state index contributed by atoms with van der Waals surface area (Å²) in [5.41, 5.74) is 5.34. The van der Waals surface area contributed by atoms with Gasteiger partial charge in [0.25, 0.3) is 0 Å². The highest BCUT2D eigenvalue weighted by atomic mass is 19.4. The molecular formula is C12H21F3N2O2. The minimum Gasteiger partial charge on any atom is -0.380 e. The molecule has 0 radical (unpaired) electrons. The Hall–Kier alpha value is -0.820. The van der Waals surface area contributed by atoms with Gasteiger partial charge in [0.05, 0.1) is 12.5 Å². The number of hydrogen-bond donors (Lipinski definition) is 2. The Labute approximate surface area is 110 Å². The van der Waals surface area contributed by atoms with Crippen LogP contribution in [0.15, 0.2) is 0 Å². The predicted molar refractivity (Wildman–Crippen MR) is 64.4 cm³/mol. The molecule has 112 valence electrons. The van der Waals surface area contributed by atoms with E-state index in [9.17, 15) is 18.0 Å². The van der Waals surface area contributed by atoms with Crippen molar-refractivity contribution in [1.29, 1.82) is 0 Å². The first-order chi connectivity index (χ1) is 8.88. The van der Waals surface area contributed by atoms with Crippen LogP contribution >= 0.6 is 0 Å². The van der Waals surface area contributed by atoms with Crippen LogP contribution in [0.25, 0.3) is 0 Å². The molecule has 0 saturated heterocycles. The molecule has 1 aliphatic carbocycles. The fourth-order valence-electron chi connectivity index (χ4n) is 2.46. The second-order valence-corrected chi connectivity index (χ2v) is 4.93. The summed E-state index contributed by atoms with van der Waals surface area (Å²) in [6.07, 6.45) is -2.50. The highest BCUT2D eigenvalue weighted by Gasteiger charge is 2.46. The molecule has 1 fully saturated rings. The van der Waals surface area contributed by atoms with E-state index < -0.39 is 30.1 Å². The van der Waals surface area contributed by atoms with Gasteiger partial charge in [0.1, 0.15) is 6.04 Å². The summed E-state index contributed by atoms with van der Waals surface area (Å²) in [5, 5.41) is 2.10. The number of carbonyl (C=O) groups excluding carboxylic acids is 1. The first-order valence-corrected chi connectivity index (χ1v) is 6.47. The maximum absolute atomic E-state index is 13.0. The summed E-state index contributed by atoms with van der Waals surface area (Å²) in [5.74, 6) is -1.17. The highest BCUT2D eigenvalue weighted by molar-refractivity contribution is 5.77. The lowest BCUT2D eigenvalue weighted by molar-refractivity contribution is -0.172. The van der Waals surface area contributed by atoms with Crippen molar-refractivity contribution in [1.82, 2.24) is 5.32 Å². The average Bonchev–Trinajstić information content (AvgIpc) is 2.85. The molecule has 1 rings (SSSR count). The minimum absolute atomic E-state index is 0.101. The van der Waals surface area contributed by atoms with E-state index in [0.29, 0.717) is 12.8 Å². The molecular weight excluding hydrogens is 261 g/mol. The molecule has 1 amide bonds. The van der Waals surface area contributed by atoms with E-state index >= 15 is 0 Å². The zero-order valence-corrected chi connectivity index (χ0v) is 11.0. The van der Waals surface area contributed by atoms with Gasteiger partial charge >= 0.3 is 6.18 Å². The molecule has 4 nitrogen and oxygen atoms in total. The monoisotopic (exact) mass is 282 g/mol. The van der Waals surface area contributed by atoms with Crippen molar-refractivity contribution in [3.8, 4) is 0 Å². The van der Waals surface area contributed by atoms with Gasteiger partial charge in [-0.15, -0.1) is 0 Å². The van der Waals surface area contributed by atoms with Crippen molar-refractivity contribution < 1.29 is 22.7 Å². The van der Waals surface area contributed by atoms with Crippen LogP contribution in [0.5, 0.6) is 0 Å². The minimum atomic E-state index is -4.41. The Kier molecular flexibility index (Phi) is 6.06. The van der Waals surface area contributed by atoms with Gasteiger partial charge in [0.2, 0.25) is 5.91 Å². The summed E-state index contributed by atoms with van der Waals surface area (Å²) in [4.78, 5) is 11.6. The highest BCUT2D eigenvalue weighted by Crippen LogP contribution is 2.35. The smallest absolute Gasteiger partial charge is 0.380 e. The summed E-state index contributed by atoms with van der Waals surface area (Å²) in [7, 11) is 1.38. The van der Waals surface area contributed by atoms with Crippen LogP contribution in [0, 0.1) is 5.92 Å². The first kappa shape index (κ1) is 16.2. The lowest BCUT2D eigenvalue weighted by atomic mass is 9.97. The molecule has 2 atom stereocenters. The second kappa shape index (κ2) is 7.09. The van der Waals surface area contributed by atoms with Crippen LogP contribution in [-0.4, -0.2) is 37.9 Å². The van der Waals surface area contributed by atoms with E-state index in [1.54, 1.807) is 0 Å². The number of rotatable bonds is 6. The largest absolute Gasteiger partial charge is 0.408 e. The topological polar surface area (TPSA) is 64.3 Å². The van der Waals surface area contributed by atoms with Gasteiger partial charge in [0.15, 0.2) is 0 Å². The SMILES string of the molecule is COC(CN)CC(=O)NC(C1CCCC1)C(F)(F)F. The number of methoxy groups -OCH3 is 1. The summed E-state index contributed by atoms with van der Waals surface area (Å²) >= 11 is 0. The van der Waals surface area contributed by atoms with Gasteiger partial charge in [-0.1, -0.05) is 12.8 Å². The zero-order valence-electron chi connectivity index (χ0n) is 11.0. The lowest BCUT2D eigenvalue weighted by Gasteiger charge is -2.27. The summed E-state index contributed by atoms with van der Waals surface area (Å²) in [6.45, 7) is 0.101. The summed E-state index contributed by atoms with van der Waals surface area (Å²) < 4.78 is 43.8. The molecule has 0 heterocycles. The van der Waals surface area contributed by atoms with Crippen LogP contribution in [0.3, 0.4) is 0 Å². The van der Waals surface area contributed by atoms with Gasteiger partial charge in [0, 0.05) is 13.7 Å². The average molecular weight is 282 g/mol. The number of nitrogens with two attached hydrogens (primary N) is 1. The van der Waals surface area contributed by atoms with Crippen LogP contribution in [0.1, 0.15) is 32.1 Å². The van der Waals surface area contributed by atoms with Crippen molar-refractivity contribution >= 4 is 5.91 Å². The number of amides is 1. The van der Waals surface area contributed by atoms with E-state index in [4.69, 9.17) is 10.5 Å². The Morgan fingerprint density at radius 3 is 2.42 bits per heavy atom. The fraction of sp³-hybridized carbons (Fsp3) is 0.917. The number of carbonyl (C=O) groups is 1. The number of alkyl halides is 3. The molecule has 0 spiro atoms. The zero-order chi connectivity index (χ0) is 14.5. The molecule has 3 N–H and O–H groups in total. The van der Waals surface area contributed by atoms with Crippen molar-refractivity contribution in [3.63, 3.8) is 0 Å². The van der Waals surface area contributed by atoms with Crippen molar-refractivity contribution in [2.24, 2.45) is 11.7 Å². The molecule has 0 aromatic rings. The Morgan fingerprint density at radius 1 is 1.42 bits per heavy atom. The number of ether oxygens (including phenoxy) is 1. The lowest BCUT2D eigenvalue weighted by Crippen LogP contribution is -2.50. The van der Waals surface area contributed by atoms with E-state index in [1.807, 2.05) is 0 Å². The van der Waals surface area contributed by atoms with Gasteiger partial charge < -0.3 is 15.8 Å². The van der Waals surface area contributed by atoms with Crippen LogP contribution in [0.2, 0.25) is 0 Å². The molecule has 7 heteroatoms. The molecule has 2 unspecified atom stereocenters. The van der Waals surface area contributed by atoms with E-state index in [1.165, 1.54) is 7.11 Å². The molecule has 1 saturated carbocycles. The van der Waals surface area contributed by atoms with Gasteiger partial charge in [-0.2, -0.15) is 13.2 Å². The van der Waals surface area contributed by atoms with Crippen LogP contribution in [-0.2, 0) is 9.53 Å². The maximum Gasteiger partial charge on any atom is 0.408 e. The second-order valence-electron chi connectivity index (χ2n) is 4.93. The quantitative estimate of drug-likeness (QED) is 0.777. The van der Waals surface area contributed by atoms with Gasteiger partial charge in [-0.05, 0) is 18.8 Å². The van der Waals surface area contributed by atoms with Crippen molar-refractivity contribution in [2.45, 2.75) is 50.4 Å². The van der Waals surface area contributed by atoms with Crippen LogP contribution < -0.4 is 11.1 Å². The predicted octanol–water partition coefficient (Wildman–Crippen LogP) is 1.59. The molecule has 0 aromatic carbocycles. The Morgan fingerprint density at radius 2 is 2.00 bits per heavy atom.